The average molecular weight is 226 g/mol. The zero-order valence-corrected chi connectivity index (χ0v) is 8.65. The van der Waals surface area contributed by atoms with Gasteiger partial charge in [-0.3, -0.25) is 9.11 Å². The second-order valence-corrected chi connectivity index (χ2v) is 4.03. The normalized spacial score (nSPS) is 9.62. The molecule has 1 rings (SSSR count). The van der Waals surface area contributed by atoms with Crippen molar-refractivity contribution in [2.45, 2.75) is 13.8 Å². The fourth-order valence-corrected chi connectivity index (χ4v) is 1.51. The number of aromatic hydroxyl groups is 2. The van der Waals surface area contributed by atoms with Crippen molar-refractivity contribution in [2.75, 3.05) is 0 Å². The van der Waals surface area contributed by atoms with E-state index in [1.54, 1.807) is 13.8 Å². The van der Waals surface area contributed by atoms with Gasteiger partial charge in [-0.05, 0) is 13.8 Å². The maximum Gasteiger partial charge on any atom is 0.299 e. The van der Waals surface area contributed by atoms with Crippen LogP contribution in [0.5, 0.6) is 11.5 Å². The molecule has 76 valence electrons. The van der Waals surface area contributed by atoms with Gasteiger partial charge in [-0.1, -0.05) is 0 Å². The van der Waals surface area contributed by atoms with E-state index in [1.165, 1.54) is 11.3 Å². The maximum atomic E-state index is 8.99. The highest BCUT2D eigenvalue weighted by Crippen LogP contribution is 2.38. The van der Waals surface area contributed by atoms with Gasteiger partial charge in [0.25, 0.3) is 11.4 Å². The Morgan fingerprint density at radius 1 is 1.08 bits per heavy atom. The highest BCUT2D eigenvalue weighted by molar-refractivity contribution is 7.73. The van der Waals surface area contributed by atoms with Gasteiger partial charge in [0.05, 0.1) is 0 Å². The van der Waals surface area contributed by atoms with E-state index in [2.05, 4.69) is 0 Å². The van der Waals surface area contributed by atoms with Crippen LogP contribution in [0.2, 0.25) is 0 Å². The zero-order valence-electron chi connectivity index (χ0n) is 7.01. The van der Waals surface area contributed by atoms with Crippen LogP contribution >= 0.6 is 11.3 Å². The Morgan fingerprint density at radius 3 is 1.38 bits per heavy atom. The molecular formula is C6H10O5S2. The quantitative estimate of drug-likeness (QED) is 0.502. The molecule has 0 aromatic carbocycles. The van der Waals surface area contributed by atoms with Gasteiger partial charge in [-0.2, -0.15) is 4.21 Å². The Balaban J connectivity index is 0.000000310. The Hall–Kier alpha value is -0.630. The highest BCUT2D eigenvalue weighted by Gasteiger charge is 2.08. The van der Waals surface area contributed by atoms with Crippen molar-refractivity contribution in [1.82, 2.24) is 0 Å². The average Bonchev–Trinajstić information content (AvgIpc) is 2.17. The van der Waals surface area contributed by atoms with Gasteiger partial charge in [0, 0.05) is 9.75 Å². The molecule has 0 aliphatic rings. The molecule has 0 spiro atoms. The number of rotatable bonds is 0. The van der Waals surface area contributed by atoms with E-state index in [-0.39, 0.29) is 11.5 Å². The Kier molecular flexibility index (Phi) is 4.92. The van der Waals surface area contributed by atoms with Crippen molar-refractivity contribution in [3.05, 3.63) is 9.75 Å². The largest absolute Gasteiger partial charge is 0.503 e. The summed E-state index contributed by atoms with van der Waals surface area (Å²) < 4.78 is 22.8. The summed E-state index contributed by atoms with van der Waals surface area (Å²) in [5.41, 5.74) is 0. The van der Waals surface area contributed by atoms with Crippen molar-refractivity contribution < 1.29 is 23.5 Å². The number of aryl methyl sites for hydroxylation is 2. The lowest BCUT2D eigenvalue weighted by Gasteiger charge is -1.86. The standard InChI is InChI=1S/C6H8O2S.H2O3S/c1-3-5(7)6(8)4(2)9-3;1-4(2)3/h7-8H,1-2H3;(H2,1,2,3). The van der Waals surface area contributed by atoms with Crippen LogP contribution < -0.4 is 0 Å². The molecule has 0 bridgehead atoms. The number of hydrogen-bond acceptors (Lipinski definition) is 4. The predicted molar refractivity (Wildman–Crippen MR) is 50.5 cm³/mol. The van der Waals surface area contributed by atoms with E-state index < -0.39 is 11.4 Å². The van der Waals surface area contributed by atoms with E-state index in [1.807, 2.05) is 0 Å². The third kappa shape index (κ3) is 4.23. The summed E-state index contributed by atoms with van der Waals surface area (Å²) in [6, 6.07) is 0. The first-order valence-corrected chi connectivity index (χ1v) is 5.02. The zero-order chi connectivity index (χ0) is 10.6. The van der Waals surface area contributed by atoms with Gasteiger partial charge in [0.1, 0.15) is 0 Å². The highest BCUT2D eigenvalue weighted by atomic mass is 32.2. The van der Waals surface area contributed by atoms with E-state index in [9.17, 15) is 0 Å². The molecule has 0 saturated carbocycles. The monoisotopic (exact) mass is 226 g/mol. The molecule has 5 nitrogen and oxygen atoms in total. The second-order valence-electron chi connectivity index (χ2n) is 2.14. The molecule has 13 heavy (non-hydrogen) atoms. The van der Waals surface area contributed by atoms with Crippen LogP contribution in [-0.4, -0.2) is 23.5 Å². The number of hydrogen-bond donors (Lipinski definition) is 4. The SMILES string of the molecule is Cc1sc(C)c(O)c1O.O=S(O)O. The molecule has 1 heterocycles. The van der Waals surface area contributed by atoms with Crippen LogP contribution in [0.1, 0.15) is 9.75 Å². The van der Waals surface area contributed by atoms with Crippen LogP contribution in [-0.2, 0) is 11.4 Å². The summed E-state index contributed by atoms with van der Waals surface area (Å²) >= 11 is -1.22. The fraction of sp³-hybridized carbons (Fsp3) is 0.333. The fourth-order valence-electron chi connectivity index (χ4n) is 0.660. The minimum Gasteiger partial charge on any atom is -0.503 e. The topological polar surface area (TPSA) is 98.0 Å². The van der Waals surface area contributed by atoms with E-state index in [0.29, 0.717) is 0 Å². The van der Waals surface area contributed by atoms with Gasteiger partial charge in [0.2, 0.25) is 0 Å². The molecule has 0 unspecified atom stereocenters. The van der Waals surface area contributed by atoms with E-state index in [4.69, 9.17) is 23.5 Å². The smallest absolute Gasteiger partial charge is 0.299 e. The van der Waals surface area contributed by atoms with Crippen LogP contribution in [0.15, 0.2) is 0 Å². The van der Waals surface area contributed by atoms with Crippen molar-refractivity contribution in [3.8, 4) is 11.5 Å². The summed E-state index contributed by atoms with van der Waals surface area (Å²) in [5.74, 6) is 0.0509. The summed E-state index contributed by atoms with van der Waals surface area (Å²) in [4.78, 5) is 1.54. The summed E-state index contributed by atoms with van der Waals surface area (Å²) in [6.45, 7) is 3.54. The minimum atomic E-state index is -2.61. The third-order valence-electron chi connectivity index (χ3n) is 1.20. The van der Waals surface area contributed by atoms with Crippen LogP contribution in [0, 0.1) is 13.8 Å². The molecule has 4 N–H and O–H groups in total. The van der Waals surface area contributed by atoms with Crippen LogP contribution in [0.3, 0.4) is 0 Å². The molecule has 1 aromatic rings. The van der Waals surface area contributed by atoms with Gasteiger partial charge < -0.3 is 10.2 Å². The van der Waals surface area contributed by atoms with Gasteiger partial charge in [-0.15, -0.1) is 11.3 Å². The van der Waals surface area contributed by atoms with E-state index >= 15 is 0 Å². The van der Waals surface area contributed by atoms with E-state index in [0.717, 1.165) is 9.75 Å². The molecule has 0 aliphatic heterocycles. The van der Waals surface area contributed by atoms with Crippen LogP contribution in [0.4, 0.5) is 0 Å². The van der Waals surface area contributed by atoms with Crippen molar-refractivity contribution in [1.29, 1.82) is 0 Å². The molecule has 7 heteroatoms. The summed E-state index contributed by atoms with van der Waals surface area (Å²) in [7, 11) is 0. The molecule has 0 atom stereocenters. The van der Waals surface area contributed by atoms with Crippen molar-refractivity contribution >= 4 is 22.7 Å². The molecule has 0 amide bonds. The summed E-state index contributed by atoms with van der Waals surface area (Å²) in [6.07, 6.45) is 0. The van der Waals surface area contributed by atoms with Crippen molar-refractivity contribution in [3.63, 3.8) is 0 Å². The van der Waals surface area contributed by atoms with Gasteiger partial charge in [-0.25, -0.2) is 0 Å². The van der Waals surface area contributed by atoms with Gasteiger partial charge in [0.15, 0.2) is 11.5 Å². The maximum absolute atomic E-state index is 8.99. The first-order valence-electron chi connectivity index (χ1n) is 3.14. The first-order chi connectivity index (χ1) is 5.86. The second kappa shape index (κ2) is 5.18. The van der Waals surface area contributed by atoms with Crippen molar-refractivity contribution in [2.24, 2.45) is 0 Å². The molecule has 0 radical (unpaired) electrons. The lowest BCUT2D eigenvalue weighted by atomic mass is 10.4. The predicted octanol–water partition coefficient (Wildman–Crippen LogP) is 1.46. The third-order valence-corrected chi connectivity index (χ3v) is 2.20. The lowest BCUT2D eigenvalue weighted by Crippen LogP contribution is -1.74. The summed E-state index contributed by atoms with van der Waals surface area (Å²) in [5, 5.41) is 18.0. The van der Waals surface area contributed by atoms with Crippen LogP contribution in [0.25, 0.3) is 0 Å². The van der Waals surface area contributed by atoms with Gasteiger partial charge >= 0.3 is 0 Å². The molecule has 0 saturated heterocycles. The molecule has 0 aliphatic carbocycles. The lowest BCUT2D eigenvalue weighted by molar-refractivity contribution is 0.403. The molecule has 1 aromatic heterocycles. The molecular weight excluding hydrogens is 216 g/mol. The Labute approximate surface area is 81.8 Å². The Bertz CT molecular complexity index is 280. The molecule has 0 fully saturated rings. The number of thiophene rings is 1. The minimum absolute atomic E-state index is 0.0255. The Morgan fingerprint density at radius 2 is 1.31 bits per heavy atom. The first kappa shape index (κ1) is 12.4.